The van der Waals surface area contributed by atoms with Gasteiger partial charge in [-0.1, -0.05) is 0 Å². The molecule has 2 aromatic rings. The van der Waals surface area contributed by atoms with Crippen molar-refractivity contribution in [3.63, 3.8) is 0 Å². The van der Waals surface area contributed by atoms with Gasteiger partial charge in [-0.15, -0.1) is 0 Å². The third-order valence-electron chi connectivity index (χ3n) is 4.10. The molecule has 1 saturated carbocycles. The van der Waals surface area contributed by atoms with Gasteiger partial charge >= 0.3 is 5.97 Å². The lowest BCUT2D eigenvalue weighted by Gasteiger charge is -2.11. The normalized spacial score (nSPS) is 23.4. The molecule has 0 radical (unpaired) electrons. The van der Waals surface area contributed by atoms with E-state index in [1.165, 1.54) is 0 Å². The molecule has 1 aromatic carbocycles. The topological polar surface area (TPSA) is 83.7 Å². The number of hydrogen-bond donors (Lipinski definition) is 1. The Labute approximate surface area is 133 Å². The number of nitrogens with two attached hydrogens (primary N) is 1. The second kappa shape index (κ2) is 5.15. The molecule has 0 saturated heterocycles. The van der Waals surface area contributed by atoms with Crippen LogP contribution in [0, 0.1) is 5.92 Å². The summed E-state index contributed by atoms with van der Waals surface area (Å²) in [6.45, 7) is 2.19. The number of carbonyl (C=O) groups excluding carboxylic acids is 1. The molecule has 2 N–H and O–H groups in total. The Balaban J connectivity index is 1.55. The van der Waals surface area contributed by atoms with Gasteiger partial charge in [0.2, 0.25) is 0 Å². The van der Waals surface area contributed by atoms with Gasteiger partial charge in [-0.25, -0.2) is 4.98 Å². The van der Waals surface area contributed by atoms with E-state index in [9.17, 15) is 4.79 Å². The van der Waals surface area contributed by atoms with Gasteiger partial charge in [0.25, 0.3) is 0 Å². The SMILES string of the molecule is CCOC(=O)[C@@H]1[C@H]2Oc3ccc(Oc4ccnc(N)c4)cc3[C@H]21. The lowest BCUT2D eigenvalue weighted by molar-refractivity contribution is -0.145. The van der Waals surface area contributed by atoms with Crippen LogP contribution in [0.3, 0.4) is 0 Å². The summed E-state index contributed by atoms with van der Waals surface area (Å²) in [5.74, 6) is 2.17. The van der Waals surface area contributed by atoms with Crippen LogP contribution in [-0.2, 0) is 9.53 Å². The molecule has 1 aliphatic heterocycles. The Bertz CT molecular complexity index is 777. The largest absolute Gasteiger partial charge is 0.489 e. The van der Waals surface area contributed by atoms with E-state index in [4.69, 9.17) is 19.9 Å². The van der Waals surface area contributed by atoms with Crippen LogP contribution in [0.2, 0.25) is 0 Å². The molecule has 6 nitrogen and oxygen atoms in total. The highest BCUT2D eigenvalue weighted by molar-refractivity contribution is 5.80. The minimum atomic E-state index is -0.200. The fourth-order valence-electron chi connectivity index (χ4n) is 3.05. The number of nitrogen functional groups attached to an aromatic ring is 1. The Hall–Kier alpha value is -2.76. The number of ether oxygens (including phenoxy) is 3. The van der Waals surface area contributed by atoms with E-state index in [-0.39, 0.29) is 23.9 Å². The van der Waals surface area contributed by atoms with Crippen molar-refractivity contribution >= 4 is 11.8 Å². The summed E-state index contributed by atoms with van der Waals surface area (Å²) in [5, 5.41) is 0. The van der Waals surface area contributed by atoms with Crippen molar-refractivity contribution in [2.75, 3.05) is 12.3 Å². The summed E-state index contributed by atoms with van der Waals surface area (Å²) in [7, 11) is 0. The summed E-state index contributed by atoms with van der Waals surface area (Å²) in [6, 6.07) is 9.01. The third kappa shape index (κ3) is 2.36. The van der Waals surface area contributed by atoms with E-state index in [0.29, 0.717) is 23.9 Å². The molecule has 2 heterocycles. The fourth-order valence-corrected chi connectivity index (χ4v) is 3.05. The maximum atomic E-state index is 11.9. The first-order valence-electron chi connectivity index (χ1n) is 7.54. The van der Waals surface area contributed by atoms with Crippen molar-refractivity contribution in [3.8, 4) is 17.2 Å². The molecule has 118 valence electrons. The highest BCUT2D eigenvalue weighted by Gasteiger charge is 2.63. The fraction of sp³-hybridized carbons (Fsp3) is 0.294. The summed E-state index contributed by atoms with van der Waals surface area (Å²) >= 11 is 0. The zero-order valence-corrected chi connectivity index (χ0v) is 12.6. The van der Waals surface area contributed by atoms with Crippen molar-refractivity contribution in [2.45, 2.75) is 18.9 Å². The second-order valence-electron chi connectivity index (χ2n) is 5.60. The molecule has 1 aromatic heterocycles. The van der Waals surface area contributed by atoms with Crippen LogP contribution in [0.4, 0.5) is 5.82 Å². The Morgan fingerprint density at radius 1 is 1.30 bits per heavy atom. The number of rotatable bonds is 4. The Morgan fingerprint density at radius 3 is 2.91 bits per heavy atom. The van der Waals surface area contributed by atoms with Gasteiger partial charge in [0.15, 0.2) is 0 Å². The third-order valence-corrected chi connectivity index (χ3v) is 4.10. The van der Waals surface area contributed by atoms with E-state index in [1.54, 1.807) is 25.3 Å². The van der Waals surface area contributed by atoms with Gasteiger partial charge < -0.3 is 19.9 Å². The van der Waals surface area contributed by atoms with Crippen molar-refractivity contribution in [2.24, 2.45) is 5.92 Å². The maximum absolute atomic E-state index is 11.9. The van der Waals surface area contributed by atoms with Crippen LogP contribution in [0.5, 0.6) is 17.2 Å². The average molecular weight is 312 g/mol. The molecular weight excluding hydrogens is 296 g/mol. The molecule has 1 aliphatic carbocycles. The van der Waals surface area contributed by atoms with Gasteiger partial charge in [0, 0.05) is 23.7 Å². The predicted molar refractivity (Wildman–Crippen MR) is 82.4 cm³/mol. The average Bonchev–Trinajstić information content (AvgIpc) is 3.12. The van der Waals surface area contributed by atoms with E-state index < -0.39 is 0 Å². The first-order valence-corrected chi connectivity index (χ1v) is 7.54. The quantitative estimate of drug-likeness (QED) is 0.873. The molecule has 4 rings (SSSR count). The monoisotopic (exact) mass is 312 g/mol. The number of pyridine rings is 1. The van der Waals surface area contributed by atoms with Gasteiger partial charge in [-0.05, 0) is 31.2 Å². The summed E-state index contributed by atoms with van der Waals surface area (Å²) in [5.41, 5.74) is 6.64. The first-order chi connectivity index (χ1) is 11.2. The number of fused-ring (bicyclic) bond motifs is 3. The van der Waals surface area contributed by atoms with Gasteiger partial charge in [0.05, 0.1) is 6.61 Å². The second-order valence-corrected chi connectivity index (χ2v) is 5.60. The number of nitrogens with zero attached hydrogens (tertiary/aromatic N) is 1. The molecule has 23 heavy (non-hydrogen) atoms. The van der Waals surface area contributed by atoms with Crippen molar-refractivity contribution in [1.29, 1.82) is 0 Å². The van der Waals surface area contributed by atoms with Crippen LogP contribution in [-0.4, -0.2) is 23.7 Å². The molecule has 1 fully saturated rings. The van der Waals surface area contributed by atoms with Crippen LogP contribution < -0.4 is 15.2 Å². The number of esters is 1. The van der Waals surface area contributed by atoms with Crippen molar-refractivity contribution in [1.82, 2.24) is 4.98 Å². The van der Waals surface area contributed by atoms with E-state index in [0.717, 1.165) is 11.3 Å². The molecule has 3 atom stereocenters. The van der Waals surface area contributed by atoms with Crippen LogP contribution in [0.25, 0.3) is 0 Å². The zero-order valence-electron chi connectivity index (χ0n) is 12.6. The summed E-state index contributed by atoms with van der Waals surface area (Å²) < 4.78 is 16.7. The first kappa shape index (κ1) is 13.9. The number of hydrogen-bond acceptors (Lipinski definition) is 6. The number of anilines is 1. The Kier molecular flexibility index (Phi) is 3.11. The smallest absolute Gasteiger partial charge is 0.313 e. The summed E-state index contributed by atoms with van der Waals surface area (Å²) in [4.78, 5) is 15.8. The number of benzene rings is 1. The van der Waals surface area contributed by atoms with Gasteiger partial charge in [-0.3, -0.25) is 4.79 Å². The standard InChI is InChI=1S/C17H16N2O4/c1-2-21-17(20)15-14-11-7-9(3-4-12(11)23-16(14)15)22-10-5-6-19-13(18)8-10/h3-8,14-16H,2H2,1H3,(H2,18,19)/t14-,15-,16-/m0/s1. The van der Waals surface area contributed by atoms with E-state index in [1.807, 2.05) is 18.2 Å². The minimum Gasteiger partial charge on any atom is -0.489 e. The van der Waals surface area contributed by atoms with Gasteiger partial charge in [0.1, 0.15) is 35.1 Å². The molecule has 0 unspecified atom stereocenters. The lowest BCUT2D eigenvalue weighted by atomic mass is 10.1. The molecule has 6 heteroatoms. The molecule has 0 amide bonds. The van der Waals surface area contributed by atoms with Crippen LogP contribution >= 0.6 is 0 Å². The van der Waals surface area contributed by atoms with E-state index >= 15 is 0 Å². The minimum absolute atomic E-state index is 0.0649. The molecule has 2 aliphatic rings. The molecular formula is C17H16N2O4. The van der Waals surface area contributed by atoms with E-state index in [2.05, 4.69) is 4.98 Å². The lowest BCUT2D eigenvalue weighted by Crippen LogP contribution is -2.13. The zero-order chi connectivity index (χ0) is 16.0. The maximum Gasteiger partial charge on any atom is 0.313 e. The predicted octanol–water partition coefficient (Wildman–Crippen LogP) is 2.49. The van der Waals surface area contributed by atoms with Crippen molar-refractivity contribution < 1.29 is 19.0 Å². The molecule has 0 spiro atoms. The molecule has 0 bridgehead atoms. The van der Waals surface area contributed by atoms with Crippen LogP contribution in [0.15, 0.2) is 36.5 Å². The van der Waals surface area contributed by atoms with Gasteiger partial charge in [-0.2, -0.15) is 0 Å². The highest BCUT2D eigenvalue weighted by atomic mass is 16.5. The van der Waals surface area contributed by atoms with Crippen molar-refractivity contribution in [3.05, 3.63) is 42.1 Å². The number of aromatic nitrogens is 1. The summed E-state index contributed by atoms with van der Waals surface area (Å²) in [6.07, 6.45) is 1.49. The highest BCUT2D eigenvalue weighted by Crippen LogP contribution is 2.59. The number of carbonyl (C=O) groups is 1. The Morgan fingerprint density at radius 2 is 2.13 bits per heavy atom. The van der Waals surface area contributed by atoms with Crippen LogP contribution in [0.1, 0.15) is 18.4 Å².